The van der Waals surface area contributed by atoms with Crippen LogP contribution in [0, 0.1) is 18.8 Å². The Hall–Kier alpha value is -5.32. The van der Waals surface area contributed by atoms with E-state index in [1.807, 2.05) is 12.3 Å². The van der Waals surface area contributed by atoms with Gasteiger partial charge in [0.15, 0.2) is 12.4 Å². The Morgan fingerprint density at radius 3 is 2.05 bits per heavy atom. The molecule has 10 rings (SSSR count). The second kappa shape index (κ2) is 12.9. The molecule has 0 radical (unpaired) electrons. The third kappa shape index (κ3) is 5.44. The Morgan fingerprint density at radius 2 is 1.29 bits per heavy atom. The number of hydrogen-bond acceptors (Lipinski definition) is 2. The topological polar surface area (TPSA) is 27.1 Å². The predicted octanol–water partition coefficient (Wildman–Crippen LogP) is 13.2. The molecule has 0 bridgehead atoms. The van der Waals surface area contributed by atoms with E-state index in [0.29, 0.717) is 20.7 Å². The summed E-state index contributed by atoms with van der Waals surface area (Å²) in [6.07, 6.45) is 1.91. The van der Waals surface area contributed by atoms with E-state index in [1.54, 1.807) is 0 Å². The van der Waals surface area contributed by atoms with Gasteiger partial charge in [-0.25, -0.2) is 9.58 Å². The number of fused-ring (bicyclic) bond motifs is 7. The van der Waals surface area contributed by atoms with Crippen molar-refractivity contribution in [3.63, 3.8) is 0 Å². The maximum absolute atomic E-state index is 6.85. The van der Waals surface area contributed by atoms with Crippen molar-refractivity contribution in [2.75, 3.05) is 0 Å². The van der Waals surface area contributed by atoms with E-state index in [2.05, 4.69) is 198 Å². The van der Waals surface area contributed by atoms with E-state index in [1.165, 1.54) is 28.2 Å². The van der Waals surface area contributed by atoms with Crippen LogP contribution in [0.5, 0.6) is 11.5 Å². The number of rotatable bonds is 6. The van der Waals surface area contributed by atoms with Gasteiger partial charge in [-0.3, -0.25) is 0 Å². The maximum Gasteiger partial charge on any atom is 0.225 e. The Bertz CT molecular complexity index is 2810. The Balaban J connectivity index is 0.00000410. The molecule has 1 fully saturated rings. The number of hydrogen-bond donors (Lipinski definition) is 0. The second-order valence-corrected chi connectivity index (χ2v) is 17.0. The minimum atomic E-state index is -0.0185. The number of benzene rings is 6. The first-order chi connectivity index (χ1) is 26.5. The third-order valence-corrected chi connectivity index (χ3v) is 11.4. The zero-order chi connectivity index (χ0) is 37.7. The monoisotopic (exact) mass is 910 g/mol. The van der Waals surface area contributed by atoms with Crippen LogP contribution < -0.4 is 13.9 Å². The van der Waals surface area contributed by atoms with Crippen molar-refractivity contribution in [3.05, 3.63) is 176 Å². The van der Waals surface area contributed by atoms with Crippen LogP contribution in [0.1, 0.15) is 52.7 Å². The molecule has 0 aliphatic carbocycles. The number of pyridine rings is 1. The minimum Gasteiger partial charge on any atom is -0.509 e. The molecule has 6 heteroatoms. The minimum absolute atomic E-state index is 0. The van der Waals surface area contributed by atoms with Crippen molar-refractivity contribution >= 4 is 44.6 Å². The molecule has 6 aromatic carbocycles. The van der Waals surface area contributed by atoms with Gasteiger partial charge in [0.1, 0.15) is 5.82 Å². The molecule has 56 heavy (non-hydrogen) atoms. The first kappa shape index (κ1) is 36.3. The molecule has 4 heterocycles. The molecule has 2 atom stereocenters. The summed E-state index contributed by atoms with van der Waals surface area (Å²) in [5, 5.41) is 2.25. The summed E-state index contributed by atoms with van der Waals surface area (Å²) in [4.78, 5) is 4.87. The van der Waals surface area contributed by atoms with Gasteiger partial charge in [0.05, 0.1) is 5.69 Å². The second-order valence-electron chi connectivity index (χ2n) is 17.0. The van der Waals surface area contributed by atoms with Crippen LogP contribution >= 0.6 is 0 Å². The molecule has 2 aliphatic heterocycles. The number of para-hydroxylation sites is 3. The Morgan fingerprint density at radius 1 is 0.589 bits per heavy atom. The van der Waals surface area contributed by atoms with Crippen molar-refractivity contribution in [2.24, 2.45) is 0 Å². The van der Waals surface area contributed by atoms with Crippen LogP contribution in [0.3, 0.4) is 0 Å². The molecule has 0 saturated carbocycles. The molecule has 1 saturated heterocycles. The first-order valence-corrected chi connectivity index (χ1v) is 19.1. The van der Waals surface area contributed by atoms with Gasteiger partial charge in [0.25, 0.3) is 0 Å². The van der Waals surface area contributed by atoms with Gasteiger partial charge < -0.3 is 9.30 Å². The zero-order valence-electron chi connectivity index (χ0n) is 32.4. The van der Waals surface area contributed by atoms with Gasteiger partial charge >= 0.3 is 0 Å². The van der Waals surface area contributed by atoms with Gasteiger partial charge in [-0.05, 0) is 51.1 Å². The van der Waals surface area contributed by atoms with Gasteiger partial charge in [-0.2, -0.15) is 10.7 Å². The van der Waals surface area contributed by atoms with Crippen LogP contribution in [0.2, 0.25) is 0 Å². The molecule has 5 nitrogen and oxygen atoms in total. The molecule has 280 valence electrons. The number of nitrogens with zero attached hydrogens (tertiary/aromatic N) is 4. The van der Waals surface area contributed by atoms with Gasteiger partial charge in [0.2, 0.25) is 11.4 Å². The number of quaternary nitrogens is 2. The fraction of sp³-hybridized carbons (Fsp3) is 0.160. The summed E-state index contributed by atoms with van der Waals surface area (Å²) in [5.74, 6) is 2.12. The van der Waals surface area contributed by atoms with Gasteiger partial charge in [-0.1, -0.05) is 132 Å². The number of aromatic nitrogens is 2. The van der Waals surface area contributed by atoms with E-state index in [9.17, 15) is 0 Å². The third-order valence-electron chi connectivity index (χ3n) is 11.4. The summed E-state index contributed by atoms with van der Waals surface area (Å²) >= 11 is 0. The van der Waals surface area contributed by atoms with Gasteiger partial charge in [-0.15, -0.1) is 29.1 Å². The van der Waals surface area contributed by atoms with Crippen LogP contribution in [-0.4, -0.2) is 9.55 Å². The van der Waals surface area contributed by atoms with Crippen molar-refractivity contribution in [2.45, 2.75) is 52.4 Å². The maximum atomic E-state index is 6.85. The molecule has 2 aromatic heterocycles. The molecule has 8 aromatic rings. The van der Waals surface area contributed by atoms with E-state index in [0.717, 1.165) is 44.4 Å². The quantitative estimate of drug-likeness (QED) is 0.0944. The van der Waals surface area contributed by atoms with Crippen LogP contribution in [-0.2, 0) is 31.9 Å². The van der Waals surface area contributed by atoms with Crippen molar-refractivity contribution < 1.29 is 25.8 Å². The molecule has 0 N–H and O–H groups in total. The standard InChI is InChI=1S/C50H43N4O.Pt/c1-49(2,3)36-17-14-18-38(29-36)53-33-54(53,47-22-13-12-21-46(47)53)39-27-35(34-15-8-7-9-16-34)28-41(31-39)55-40-23-24-43-42-19-10-11-20-44(42)52(45(43)32-40)48-30-37(25-26-51-48)50(4,5)6;/h7-30,33H,1-6H3;/q-1;/t53-,54?;/m0./s1. The van der Waals surface area contributed by atoms with E-state index >= 15 is 0 Å². The van der Waals surface area contributed by atoms with Crippen LogP contribution in [0.15, 0.2) is 146 Å². The van der Waals surface area contributed by atoms with Gasteiger partial charge in [0, 0.05) is 68.5 Å². The van der Waals surface area contributed by atoms with Crippen molar-refractivity contribution in [3.8, 4) is 28.4 Å². The average molecular weight is 911 g/mol. The molecule has 0 amide bonds. The van der Waals surface area contributed by atoms with E-state index in [4.69, 9.17) is 9.72 Å². The predicted molar refractivity (Wildman–Crippen MR) is 226 cm³/mol. The smallest absolute Gasteiger partial charge is 0.225 e. The Kier molecular flexibility index (Phi) is 8.34. The SMILES string of the molecule is CC(C)(C)c1cccc([N@+]23[CH-][N+]2(c2[c-]c(Oc4[c-]c5c(cc4)c4ccccc4n5-c4cc(C(C)(C)C)ccn4)cc(-c4ccccc4)c2)c2ccccc23)c1.[Pt]. The van der Waals surface area contributed by atoms with Crippen molar-refractivity contribution in [1.29, 1.82) is 0 Å². The normalized spacial score (nSPS) is 18.5. The summed E-state index contributed by atoms with van der Waals surface area (Å²) in [6, 6.07) is 57.2. The van der Waals surface area contributed by atoms with E-state index < -0.39 is 0 Å². The molecular formula is C50H43N4OPt-. The van der Waals surface area contributed by atoms with Crippen molar-refractivity contribution in [1.82, 2.24) is 18.7 Å². The fourth-order valence-electron chi connectivity index (χ4n) is 8.48. The zero-order valence-corrected chi connectivity index (χ0v) is 34.7. The summed E-state index contributed by atoms with van der Waals surface area (Å²) in [6.45, 7) is 15.9. The number of ether oxygens (including phenoxy) is 1. The first-order valence-electron chi connectivity index (χ1n) is 19.1. The van der Waals surface area contributed by atoms with Crippen LogP contribution in [0.25, 0.3) is 38.8 Å². The summed E-state index contributed by atoms with van der Waals surface area (Å²) in [7, 11) is 0. The van der Waals surface area contributed by atoms with Crippen LogP contribution in [0.4, 0.5) is 22.7 Å². The molecular weight excluding hydrogens is 868 g/mol. The van der Waals surface area contributed by atoms with E-state index in [-0.39, 0.29) is 31.9 Å². The summed E-state index contributed by atoms with van der Waals surface area (Å²) < 4.78 is 10.2. The molecule has 1 unspecified atom stereocenters. The fourth-order valence-corrected chi connectivity index (χ4v) is 8.48. The largest absolute Gasteiger partial charge is 0.509 e. The molecule has 0 spiro atoms. The molecule has 2 aliphatic rings. The summed E-state index contributed by atoms with van der Waals surface area (Å²) in [5.41, 5.74) is 11.5. The Labute approximate surface area is 343 Å². The average Bonchev–Trinajstić information content (AvgIpc) is 3.68.